The maximum atomic E-state index is 5.57. The zero-order valence-electron chi connectivity index (χ0n) is 15.8. The number of aliphatic imine (C=N–C) groups is 1. The summed E-state index contributed by atoms with van der Waals surface area (Å²) < 4.78 is 17.2. The summed E-state index contributed by atoms with van der Waals surface area (Å²) in [5.41, 5.74) is 1.06. The molecule has 1 aromatic rings. The zero-order chi connectivity index (χ0) is 18.7. The maximum Gasteiger partial charge on any atom is 0.191 e. The molecule has 0 aliphatic carbocycles. The van der Waals surface area contributed by atoms with Crippen LogP contribution in [0.25, 0.3) is 0 Å². The smallest absolute Gasteiger partial charge is 0.191 e. The van der Waals surface area contributed by atoms with E-state index in [0.29, 0.717) is 24.0 Å². The predicted octanol–water partition coefficient (Wildman–Crippen LogP) is 3.19. The third-order valence-electron chi connectivity index (χ3n) is 3.43. The molecule has 0 fully saturated rings. The van der Waals surface area contributed by atoms with Gasteiger partial charge < -0.3 is 24.8 Å². The van der Waals surface area contributed by atoms with E-state index >= 15 is 0 Å². The third kappa shape index (κ3) is 7.96. The van der Waals surface area contributed by atoms with Crippen molar-refractivity contribution in [2.24, 2.45) is 10.9 Å². The van der Waals surface area contributed by atoms with E-state index in [1.807, 2.05) is 12.1 Å². The standard InChI is InChI=1S/C18H30BrN3O3/c1-13(2)12-25-8-6-7-21-18(20-3)22-11-14-9-16(23-4)17(24-5)10-15(14)19/h9-10,13H,6-8,11-12H2,1-5H3,(H2,20,21,22). The van der Waals surface area contributed by atoms with Gasteiger partial charge in [-0.05, 0) is 30.0 Å². The largest absolute Gasteiger partial charge is 0.493 e. The van der Waals surface area contributed by atoms with Gasteiger partial charge in [0.25, 0.3) is 0 Å². The lowest BCUT2D eigenvalue weighted by molar-refractivity contribution is 0.108. The van der Waals surface area contributed by atoms with Crippen LogP contribution in [-0.4, -0.2) is 47.0 Å². The van der Waals surface area contributed by atoms with E-state index in [0.717, 1.165) is 42.2 Å². The maximum absolute atomic E-state index is 5.57. The van der Waals surface area contributed by atoms with Crippen molar-refractivity contribution in [3.05, 3.63) is 22.2 Å². The molecule has 0 heterocycles. The Kier molecular flexibility index (Phi) is 10.3. The van der Waals surface area contributed by atoms with E-state index in [1.165, 1.54) is 0 Å². The second-order valence-electron chi connectivity index (χ2n) is 5.97. The number of hydrogen-bond acceptors (Lipinski definition) is 4. The Morgan fingerprint density at radius 2 is 1.84 bits per heavy atom. The van der Waals surface area contributed by atoms with Crippen LogP contribution < -0.4 is 20.1 Å². The lowest BCUT2D eigenvalue weighted by atomic mass is 10.2. The van der Waals surface area contributed by atoms with Crippen molar-refractivity contribution in [3.8, 4) is 11.5 Å². The SMILES string of the molecule is CN=C(NCCCOCC(C)C)NCc1cc(OC)c(OC)cc1Br. The van der Waals surface area contributed by atoms with Crippen LogP contribution in [0.15, 0.2) is 21.6 Å². The normalized spacial score (nSPS) is 11.6. The summed E-state index contributed by atoms with van der Waals surface area (Å²) in [6.07, 6.45) is 0.938. The van der Waals surface area contributed by atoms with Crippen LogP contribution in [0.3, 0.4) is 0 Å². The number of methoxy groups -OCH3 is 2. The van der Waals surface area contributed by atoms with E-state index in [1.54, 1.807) is 21.3 Å². The van der Waals surface area contributed by atoms with Gasteiger partial charge >= 0.3 is 0 Å². The Balaban J connectivity index is 2.44. The monoisotopic (exact) mass is 415 g/mol. The molecule has 2 N–H and O–H groups in total. The number of halogens is 1. The molecule has 0 bridgehead atoms. The Bertz CT molecular complexity index is 551. The van der Waals surface area contributed by atoms with Gasteiger partial charge in [-0.2, -0.15) is 0 Å². The molecule has 0 spiro atoms. The number of ether oxygens (including phenoxy) is 3. The summed E-state index contributed by atoms with van der Waals surface area (Å²) in [5.74, 6) is 2.72. The first-order valence-electron chi connectivity index (χ1n) is 8.44. The van der Waals surface area contributed by atoms with Gasteiger partial charge in [0, 0.05) is 37.8 Å². The van der Waals surface area contributed by atoms with Crippen LogP contribution in [0.5, 0.6) is 11.5 Å². The average molecular weight is 416 g/mol. The summed E-state index contributed by atoms with van der Waals surface area (Å²) in [6.45, 7) is 7.28. The minimum atomic E-state index is 0.572. The molecule has 0 amide bonds. The summed E-state index contributed by atoms with van der Waals surface area (Å²) >= 11 is 3.56. The lowest BCUT2D eigenvalue weighted by Gasteiger charge is -2.15. The van der Waals surface area contributed by atoms with Crippen molar-refractivity contribution in [2.45, 2.75) is 26.8 Å². The molecule has 0 radical (unpaired) electrons. The van der Waals surface area contributed by atoms with Crippen molar-refractivity contribution in [3.63, 3.8) is 0 Å². The number of rotatable bonds is 10. The molecule has 7 heteroatoms. The molecule has 0 saturated heterocycles. The summed E-state index contributed by atoms with van der Waals surface area (Å²) in [5, 5.41) is 6.58. The molecule has 0 atom stereocenters. The predicted molar refractivity (Wildman–Crippen MR) is 106 cm³/mol. The summed E-state index contributed by atoms with van der Waals surface area (Å²) in [4.78, 5) is 4.24. The molecular weight excluding hydrogens is 386 g/mol. The van der Waals surface area contributed by atoms with Gasteiger partial charge in [-0.25, -0.2) is 0 Å². The number of nitrogens with zero attached hydrogens (tertiary/aromatic N) is 1. The van der Waals surface area contributed by atoms with Crippen molar-refractivity contribution < 1.29 is 14.2 Å². The second kappa shape index (κ2) is 12.0. The molecule has 0 aromatic heterocycles. The van der Waals surface area contributed by atoms with E-state index in [2.05, 4.69) is 45.4 Å². The minimum Gasteiger partial charge on any atom is -0.493 e. The first-order chi connectivity index (χ1) is 12.0. The molecule has 1 aromatic carbocycles. The molecule has 0 aliphatic heterocycles. The molecule has 25 heavy (non-hydrogen) atoms. The number of hydrogen-bond donors (Lipinski definition) is 2. The Labute approximate surface area is 159 Å². The first-order valence-corrected chi connectivity index (χ1v) is 9.23. The number of benzene rings is 1. The highest BCUT2D eigenvalue weighted by Gasteiger charge is 2.10. The van der Waals surface area contributed by atoms with Crippen molar-refractivity contribution in [1.82, 2.24) is 10.6 Å². The molecule has 0 unspecified atom stereocenters. The van der Waals surface area contributed by atoms with Crippen LogP contribution in [-0.2, 0) is 11.3 Å². The molecule has 0 saturated carbocycles. The average Bonchev–Trinajstić information content (AvgIpc) is 2.60. The van der Waals surface area contributed by atoms with Gasteiger partial charge in [-0.1, -0.05) is 29.8 Å². The van der Waals surface area contributed by atoms with Crippen LogP contribution >= 0.6 is 15.9 Å². The molecular formula is C18H30BrN3O3. The van der Waals surface area contributed by atoms with E-state index in [4.69, 9.17) is 14.2 Å². The van der Waals surface area contributed by atoms with Gasteiger partial charge in [-0.15, -0.1) is 0 Å². The highest BCUT2D eigenvalue weighted by Crippen LogP contribution is 2.33. The van der Waals surface area contributed by atoms with Crippen molar-refractivity contribution in [1.29, 1.82) is 0 Å². The molecule has 142 valence electrons. The van der Waals surface area contributed by atoms with Gasteiger partial charge in [0.1, 0.15) is 0 Å². The lowest BCUT2D eigenvalue weighted by Crippen LogP contribution is -2.37. The Morgan fingerprint density at radius 3 is 2.44 bits per heavy atom. The fourth-order valence-corrected chi connectivity index (χ4v) is 2.59. The Morgan fingerprint density at radius 1 is 1.16 bits per heavy atom. The zero-order valence-corrected chi connectivity index (χ0v) is 17.4. The first kappa shape index (κ1) is 21.6. The topological polar surface area (TPSA) is 64.1 Å². The van der Waals surface area contributed by atoms with Crippen molar-refractivity contribution in [2.75, 3.05) is 41.0 Å². The van der Waals surface area contributed by atoms with Crippen LogP contribution in [0.1, 0.15) is 25.8 Å². The van der Waals surface area contributed by atoms with Gasteiger partial charge in [0.2, 0.25) is 0 Å². The number of guanidine groups is 1. The quantitative estimate of drug-likeness (QED) is 0.349. The van der Waals surface area contributed by atoms with E-state index < -0.39 is 0 Å². The van der Waals surface area contributed by atoms with Crippen LogP contribution in [0.4, 0.5) is 0 Å². The molecule has 0 aliphatic rings. The molecule has 1 rings (SSSR count). The fourth-order valence-electron chi connectivity index (χ4n) is 2.13. The highest BCUT2D eigenvalue weighted by molar-refractivity contribution is 9.10. The fraction of sp³-hybridized carbons (Fsp3) is 0.611. The number of nitrogens with one attached hydrogen (secondary N) is 2. The van der Waals surface area contributed by atoms with Crippen LogP contribution in [0, 0.1) is 5.92 Å². The van der Waals surface area contributed by atoms with Gasteiger partial charge in [-0.3, -0.25) is 4.99 Å². The van der Waals surface area contributed by atoms with Crippen LogP contribution in [0.2, 0.25) is 0 Å². The van der Waals surface area contributed by atoms with E-state index in [9.17, 15) is 0 Å². The minimum absolute atomic E-state index is 0.572. The summed E-state index contributed by atoms with van der Waals surface area (Å²) in [7, 11) is 5.01. The van der Waals surface area contributed by atoms with Crippen molar-refractivity contribution >= 4 is 21.9 Å². The third-order valence-corrected chi connectivity index (χ3v) is 4.17. The van der Waals surface area contributed by atoms with Gasteiger partial charge in [0.05, 0.1) is 14.2 Å². The summed E-state index contributed by atoms with van der Waals surface area (Å²) in [6, 6.07) is 3.85. The second-order valence-corrected chi connectivity index (χ2v) is 6.83. The molecule has 6 nitrogen and oxygen atoms in total. The highest BCUT2D eigenvalue weighted by atomic mass is 79.9. The van der Waals surface area contributed by atoms with Gasteiger partial charge in [0.15, 0.2) is 17.5 Å². The Hall–Kier alpha value is -1.47. The van der Waals surface area contributed by atoms with E-state index in [-0.39, 0.29) is 0 Å².